The number of nitro benzene ring substituents is 1. The highest BCUT2D eigenvalue weighted by atomic mass is 16.6. The Hall–Kier alpha value is -2.31. The Morgan fingerprint density at radius 2 is 1.77 bits per heavy atom. The van der Waals surface area contributed by atoms with Gasteiger partial charge in [-0.15, -0.1) is 0 Å². The molecule has 7 nitrogen and oxygen atoms in total. The number of hydrogen-bond donors (Lipinski definition) is 1. The fraction of sp³-hybridized carbons (Fsp3) is 0.533. The van der Waals surface area contributed by atoms with Gasteiger partial charge in [-0.2, -0.15) is 0 Å². The number of benzene rings is 1. The van der Waals surface area contributed by atoms with Gasteiger partial charge in [-0.25, -0.2) is 0 Å². The summed E-state index contributed by atoms with van der Waals surface area (Å²) in [5, 5.41) is 14.1. The van der Waals surface area contributed by atoms with E-state index in [0.29, 0.717) is 5.75 Å². The maximum absolute atomic E-state index is 12.4. The van der Waals surface area contributed by atoms with Crippen LogP contribution in [0.25, 0.3) is 0 Å². The summed E-state index contributed by atoms with van der Waals surface area (Å²) in [5.74, 6) is 0.0739. The van der Waals surface area contributed by atoms with E-state index in [0.717, 1.165) is 25.7 Å². The maximum Gasteiger partial charge on any atom is 0.286 e. The lowest BCUT2D eigenvalue weighted by atomic mass is 9.95. The predicted molar refractivity (Wildman–Crippen MR) is 80.5 cm³/mol. The van der Waals surface area contributed by atoms with Crippen molar-refractivity contribution in [2.45, 2.75) is 38.1 Å². The number of carbonyl (C=O) groups is 1. The van der Waals surface area contributed by atoms with Crippen molar-refractivity contribution in [3.05, 3.63) is 27.8 Å². The molecule has 1 aliphatic rings. The molecule has 0 radical (unpaired) electrons. The molecule has 0 saturated heterocycles. The third-order valence-corrected chi connectivity index (χ3v) is 3.88. The highest BCUT2D eigenvalue weighted by Gasteiger charge is 2.26. The van der Waals surface area contributed by atoms with E-state index < -0.39 is 10.8 Å². The molecule has 2 rings (SSSR count). The molecule has 1 saturated carbocycles. The SMILES string of the molecule is COc1cc(C(=O)NC2CCCCC2)c([N+](=O)[O-])cc1OC. The molecule has 0 heterocycles. The molecule has 0 unspecified atom stereocenters. The van der Waals surface area contributed by atoms with Gasteiger partial charge in [-0.05, 0) is 12.8 Å². The summed E-state index contributed by atoms with van der Waals surface area (Å²) in [5.41, 5.74) is -0.292. The molecule has 1 amide bonds. The van der Waals surface area contributed by atoms with E-state index in [2.05, 4.69) is 5.32 Å². The van der Waals surface area contributed by atoms with E-state index in [4.69, 9.17) is 9.47 Å². The van der Waals surface area contributed by atoms with Crippen LogP contribution in [-0.2, 0) is 0 Å². The summed E-state index contributed by atoms with van der Waals surface area (Å²) in [6, 6.07) is 2.65. The van der Waals surface area contributed by atoms with Gasteiger partial charge in [0.05, 0.1) is 25.2 Å². The molecule has 1 aliphatic carbocycles. The Kier molecular flexibility index (Phi) is 5.19. The van der Waals surface area contributed by atoms with Crippen LogP contribution in [0, 0.1) is 10.1 Å². The second kappa shape index (κ2) is 7.11. The van der Waals surface area contributed by atoms with Crippen LogP contribution in [0.5, 0.6) is 11.5 Å². The quantitative estimate of drug-likeness (QED) is 0.667. The Labute approximate surface area is 128 Å². The second-order valence-corrected chi connectivity index (χ2v) is 5.29. The van der Waals surface area contributed by atoms with Gasteiger partial charge in [-0.3, -0.25) is 14.9 Å². The van der Waals surface area contributed by atoms with Crippen LogP contribution in [-0.4, -0.2) is 31.1 Å². The summed E-state index contributed by atoms with van der Waals surface area (Å²) < 4.78 is 10.2. The Balaban J connectivity index is 2.30. The fourth-order valence-electron chi connectivity index (χ4n) is 2.71. The van der Waals surface area contributed by atoms with Crippen LogP contribution in [0.3, 0.4) is 0 Å². The third-order valence-electron chi connectivity index (χ3n) is 3.88. The zero-order valence-electron chi connectivity index (χ0n) is 12.8. The number of methoxy groups -OCH3 is 2. The lowest BCUT2D eigenvalue weighted by Crippen LogP contribution is -2.36. The number of carbonyl (C=O) groups excluding carboxylic acids is 1. The number of nitrogens with one attached hydrogen (secondary N) is 1. The molecule has 0 aromatic heterocycles. The number of amides is 1. The first-order valence-electron chi connectivity index (χ1n) is 7.28. The van der Waals surface area contributed by atoms with Crippen molar-refractivity contribution in [1.29, 1.82) is 0 Å². The summed E-state index contributed by atoms with van der Waals surface area (Å²) >= 11 is 0. The van der Waals surface area contributed by atoms with Gasteiger partial charge in [0.2, 0.25) is 0 Å². The van der Waals surface area contributed by atoms with Crippen molar-refractivity contribution >= 4 is 11.6 Å². The molecule has 120 valence electrons. The van der Waals surface area contributed by atoms with Crippen LogP contribution in [0.2, 0.25) is 0 Å². The van der Waals surface area contributed by atoms with Crippen LogP contribution in [0.4, 0.5) is 5.69 Å². The smallest absolute Gasteiger partial charge is 0.286 e. The third kappa shape index (κ3) is 3.47. The number of hydrogen-bond acceptors (Lipinski definition) is 5. The van der Waals surface area contributed by atoms with E-state index in [9.17, 15) is 14.9 Å². The normalized spacial score (nSPS) is 15.2. The Bertz CT molecular complexity index is 567. The van der Waals surface area contributed by atoms with Crippen molar-refractivity contribution in [2.24, 2.45) is 0 Å². The van der Waals surface area contributed by atoms with Crippen molar-refractivity contribution in [3.8, 4) is 11.5 Å². The standard InChI is InChI=1S/C15H20N2O5/c1-21-13-8-11(12(17(19)20)9-14(13)22-2)15(18)16-10-6-4-3-5-7-10/h8-10H,3-7H2,1-2H3,(H,16,18). The van der Waals surface area contributed by atoms with Crippen molar-refractivity contribution in [2.75, 3.05) is 14.2 Å². The lowest BCUT2D eigenvalue weighted by Gasteiger charge is -2.22. The van der Waals surface area contributed by atoms with Gasteiger partial charge < -0.3 is 14.8 Å². The van der Waals surface area contributed by atoms with E-state index in [1.807, 2.05) is 0 Å². The second-order valence-electron chi connectivity index (χ2n) is 5.29. The topological polar surface area (TPSA) is 90.7 Å². The van der Waals surface area contributed by atoms with Crippen LogP contribution < -0.4 is 14.8 Å². The Morgan fingerprint density at radius 1 is 1.18 bits per heavy atom. The summed E-state index contributed by atoms with van der Waals surface area (Å²) in [4.78, 5) is 23.0. The molecule has 1 N–H and O–H groups in total. The van der Waals surface area contributed by atoms with Crippen LogP contribution in [0.1, 0.15) is 42.5 Å². The summed E-state index contributed by atoms with van der Waals surface area (Å²) in [6.07, 6.45) is 5.13. The largest absolute Gasteiger partial charge is 0.493 e. The van der Waals surface area contributed by atoms with Crippen LogP contribution in [0.15, 0.2) is 12.1 Å². The molecule has 0 spiro atoms. The van der Waals surface area contributed by atoms with Gasteiger partial charge in [-0.1, -0.05) is 19.3 Å². The first-order chi connectivity index (χ1) is 10.6. The molecule has 1 aromatic carbocycles. The van der Waals surface area contributed by atoms with Crippen molar-refractivity contribution < 1.29 is 19.2 Å². The minimum absolute atomic E-state index is 0.00627. The number of rotatable bonds is 5. The van der Waals surface area contributed by atoms with Gasteiger partial charge in [0.25, 0.3) is 11.6 Å². The molecular formula is C15H20N2O5. The average Bonchev–Trinajstić information content (AvgIpc) is 2.54. The molecule has 1 aromatic rings. The minimum atomic E-state index is -0.586. The highest BCUT2D eigenvalue weighted by molar-refractivity contribution is 5.99. The first kappa shape index (κ1) is 16.1. The monoisotopic (exact) mass is 308 g/mol. The van der Waals surface area contributed by atoms with E-state index in [1.54, 1.807) is 0 Å². The number of nitrogens with zero attached hydrogens (tertiary/aromatic N) is 1. The first-order valence-corrected chi connectivity index (χ1v) is 7.28. The van der Waals surface area contributed by atoms with Gasteiger partial charge in [0.15, 0.2) is 11.5 Å². The zero-order chi connectivity index (χ0) is 16.1. The fourth-order valence-corrected chi connectivity index (χ4v) is 2.71. The number of ether oxygens (including phenoxy) is 2. The Morgan fingerprint density at radius 3 is 2.32 bits per heavy atom. The van der Waals surface area contributed by atoms with Crippen LogP contribution >= 0.6 is 0 Å². The van der Waals surface area contributed by atoms with Gasteiger partial charge >= 0.3 is 0 Å². The minimum Gasteiger partial charge on any atom is -0.493 e. The molecule has 7 heteroatoms. The van der Waals surface area contributed by atoms with E-state index in [-0.39, 0.29) is 23.0 Å². The molecule has 0 aliphatic heterocycles. The summed E-state index contributed by atoms with van der Waals surface area (Å²) in [7, 11) is 2.82. The lowest BCUT2D eigenvalue weighted by molar-refractivity contribution is -0.385. The van der Waals surface area contributed by atoms with Crippen molar-refractivity contribution in [3.63, 3.8) is 0 Å². The number of nitro groups is 1. The molecular weight excluding hydrogens is 288 g/mol. The van der Waals surface area contributed by atoms with E-state index >= 15 is 0 Å². The van der Waals surface area contributed by atoms with Gasteiger partial charge in [0.1, 0.15) is 5.56 Å². The molecule has 0 atom stereocenters. The van der Waals surface area contributed by atoms with E-state index in [1.165, 1.54) is 32.8 Å². The predicted octanol–water partition coefficient (Wildman–Crippen LogP) is 2.67. The molecule has 22 heavy (non-hydrogen) atoms. The average molecular weight is 308 g/mol. The zero-order valence-corrected chi connectivity index (χ0v) is 12.8. The summed E-state index contributed by atoms with van der Waals surface area (Å²) in [6.45, 7) is 0. The molecule has 1 fully saturated rings. The molecule has 0 bridgehead atoms. The maximum atomic E-state index is 12.4. The van der Waals surface area contributed by atoms with Crippen molar-refractivity contribution in [1.82, 2.24) is 5.32 Å². The van der Waals surface area contributed by atoms with Gasteiger partial charge in [0, 0.05) is 12.1 Å². The highest BCUT2D eigenvalue weighted by Crippen LogP contribution is 2.34.